The highest BCUT2D eigenvalue weighted by Crippen LogP contribution is 2.32. The number of aryl methyl sites for hydroxylation is 1. The van der Waals surface area contributed by atoms with Gasteiger partial charge in [0.1, 0.15) is 10.1 Å². The summed E-state index contributed by atoms with van der Waals surface area (Å²) in [5.41, 5.74) is 2.53. The average molecular weight is 400 g/mol. The molecule has 2 aliphatic heterocycles. The molecule has 0 unspecified atom stereocenters. The lowest BCUT2D eigenvalue weighted by Gasteiger charge is -2.37. The maximum Gasteiger partial charge on any atom is 0.267 e. The third kappa shape index (κ3) is 4.10. The van der Waals surface area contributed by atoms with Crippen LogP contribution in [0.5, 0.6) is 0 Å². The maximum atomic E-state index is 12.7. The van der Waals surface area contributed by atoms with Crippen molar-refractivity contribution in [2.24, 2.45) is 0 Å². The summed E-state index contributed by atoms with van der Waals surface area (Å²) < 4.78 is 5.92. The van der Waals surface area contributed by atoms with Crippen molar-refractivity contribution in [2.45, 2.75) is 6.92 Å². The molecule has 0 spiro atoms. The predicted molar refractivity (Wildman–Crippen MR) is 114 cm³/mol. The first-order chi connectivity index (χ1) is 13.1. The fourth-order valence-electron chi connectivity index (χ4n) is 3.23. The molecular weight excluding hydrogens is 378 g/mol. The van der Waals surface area contributed by atoms with Gasteiger partial charge >= 0.3 is 0 Å². The van der Waals surface area contributed by atoms with Crippen molar-refractivity contribution in [1.29, 1.82) is 0 Å². The topological polar surface area (TPSA) is 39.9 Å². The Labute approximate surface area is 168 Å². The molecule has 0 aliphatic carbocycles. The molecule has 1 aromatic carbocycles. The fraction of sp³-hybridized carbons (Fsp3) is 0.300. The summed E-state index contributed by atoms with van der Waals surface area (Å²) >= 11 is 6.77. The minimum atomic E-state index is -0.0395. The summed E-state index contributed by atoms with van der Waals surface area (Å²) in [5.74, 6) is 0.629. The molecule has 0 atom stereocenters. The molecule has 2 fully saturated rings. The summed E-state index contributed by atoms with van der Waals surface area (Å²) in [6.45, 7) is 6.34. The van der Waals surface area contributed by atoms with Gasteiger partial charge in [0, 0.05) is 37.9 Å². The van der Waals surface area contributed by atoms with E-state index in [0.717, 1.165) is 26.2 Å². The van der Waals surface area contributed by atoms with Gasteiger partial charge in [0.25, 0.3) is 5.91 Å². The van der Waals surface area contributed by atoms with Gasteiger partial charge in [-0.15, -0.1) is 0 Å². The second-order valence-electron chi connectivity index (χ2n) is 6.71. The number of rotatable bonds is 4. The monoisotopic (exact) mass is 399 g/mol. The summed E-state index contributed by atoms with van der Waals surface area (Å²) in [5, 5.41) is 0. The van der Waals surface area contributed by atoms with Crippen molar-refractivity contribution >= 4 is 46.0 Å². The third-order valence-electron chi connectivity index (χ3n) is 4.80. The standard InChI is InChI=1S/C20H21N3O2S2/c1-15-4-6-16(7-5-15)22-10-8-21(9-11-22)14-23-19(24)18(27-20(23)26)13-17-3-2-12-25-17/h2-7,12-13H,8-11,14H2,1H3/b18-13-. The SMILES string of the molecule is Cc1ccc(N2CCN(CN3C(=O)/C(=C/c4ccco4)SC3=S)CC2)cc1. The molecule has 5 nitrogen and oxygen atoms in total. The van der Waals surface area contributed by atoms with E-state index in [4.69, 9.17) is 16.6 Å². The van der Waals surface area contributed by atoms with Crippen molar-refractivity contribution in [3.63, 3.8) is 0 Å². The number of benzene rings is 1. The van der Waals surface area contributed by atoms with Gasteiger partial charge in [-0.3, -0.25) is 14.6 Å². The van der Waals surface area contributed by atoms with Gasteiger partial charge < -0.3 is 9.32 Å². The number of hydrogen-bond donors (Lipinski definition) is 0. The minimum absolute atomic E-state index is 0.0395. The van der Waals surface area contributed by atoms with Gasteiger partial charge in [-0.2, -0.15) is 0 Å². The number of carbonyl (C=O) groups excluding carboxylic acids is 1. The summed E-state index contributed by atoms with van der Waals surface area (Å²) in [6.07, 6.45) is 3.36. The molecule has 0 radical (unpaired) electrons. The first-order valence-corrected chi connectivity index (χ1v) is 10.2. The Bertz CT molecular complexity index is 854. The number of nitrogens with zero attached hydrogens (tertiary/aromatic N) is 3. The molecule has 0 N–H and O–H groups in total. The van der Waals surface area contributed by atoms with Crippen molar-refractivity contribution < 1.29 is 9.21 Å². The largest absolute Gasteiger partial charge is 0.465 e. The van der Waals surface area contributed by atoms with E-state index in [0.29, 0.717) is 21.7 Å². The van der Waals surface area contributed by atoms with Gasteiger partial charge in [0.15, 0.2) is 0 Å². The van der Waals surface area contributed by atoms with Gasteiger partial charge in [-0.05, 0) is 31.2 Å². The van der Waals surface area contributed by atoms with Crippen molar-refractivity contribution in [3.05, 3.63) is 58.9 Å². The van der Waals surface area contributed by atoms with Crippen LogP contribution in [0.25, 0.3) is 6.08 Å². The van der Waals surface area contributed by atoms with Crippen LogP contribution in [-0.4, -0.2) is 52.9 Å². The zero-order chi connectivity index (χ0) is 18.8. The Kier molecular flexibility index (Phi) is 5.33. The second-order valence-corrected chi connectivity index (χ2v) is 8.38. The molecule has 4 rings (SSSR count). The number of thioether (sulfide) groups is 1. The van der Waals surface area contributed by atoms with Crippen LogP contribution in [0.4, 0.5) is 5.69 Å². The molecule has 3 heterocycles. The summed E-state index contributed by atoms with van der Waals surface area (Å²) in [7, 11) is 0. The van der Waals surface area contributed by atoms with Crippen LogP contribution in [0.15, 0.2) is 52.0 Å². The zero-order valence-corrected chi connectivity index (χ0v) is 16.8. The molecule has 140 valence electrons. The van der Waals surface area contributed by atoms with E-state index in [2.05, 4.69) is 41.0 Å². The van der Waals surface area contributed by atoms with E-state index in [9.17, 15) is 4.79 Å². The molecule has 2 aliphatic rings. The first-order valence-electron chi connectivity index (χ1n) is 8.93. The van der Waals surface area contributed by atoms with E-state index < -0.39 is 0 Å². The number of piperazine rings is 1. The lowest BCUT2D eigenvalue weighted by Crippen LogP contribution is -2.50. The highest BCUT2D eigenvalue weighted by Gasteiger charge is 2.34. The number of hydrogen-bond acceptors (Lipinski definition) is 6. The van der Waals surface area contributed by atoms with Crippen LogP contribution >= 0.6 is 24.0 Å². The zero-order valence-electron chi connectivity index (χ0n) is 15.1. The molecule has 7 heteroatoms. The van der Waals surface area contributed by atoms with Crippen LogP contribution in [-0.2, 0) is 4.79 Å². The van der Waals surface area contributed by atoms with Crippen molar-refractivity contribution in [2.75, 3.05) is 37.7 Å². The Hall–Kier alpha value is -2.09. The summed E-state index contributed by atoms with van der Waals surface area (Å²) in [4.78, 5) is 19.7. The number of furan rings is 1. The number of thiocarbonyl (C=S) groups is 1. The highest BCUT2D eigenvalue weighted by atomic mass is 32.2. The van der Waals surface area contributed by atoms with Crippen LogP contribution in [0.3, 0.4) is 0 Å². The molecule has 1 aromatic heterocycles. The number of carbonyl (C=O) groups is 1. The van der Waals surface area contributed by atoms with Crippen LogP contribution in [0.2, 0.25) is 0 Å². The normalized spacial score (nSPS) is 20.1. The maximum absolute atomic E-state index is 12.7. The Morgan fingerprint density at radius 1 is 1.15 bits per heavy atom. The Balaban J connectivity index is 1.35. The quantitative estimate of drug-likeness (QED) is 0.578. The predicted octanol–water partition coefficient (Wildman–Crippen LogP) is 3.57. The number of amides is 1. The molecule has 27 heavy (non-hydrogen) atoms. The van der Waals surface area contributed by atoms with E-state index in [1.54, 1.807) is 23.3 Å². The van der Waals surface area contributed by atoms with E-state index in [1.165, 1.54) is 23.0 Å². The highest BCUT2D eigenvalue weighted by molar-refractivity contribution is 8.26. The van der Waals surface area contributed by atoms with E-state index >= 15 is 0 Å². The summed E-state index contributed by atoms with van der Waals surface area (Å²) in [6, 6.07) is 12.3. The lowest BCUT2D eigenvalue weighted by molar-refractivity contribution is -0.123. The minimum Gasteiger partial charge on any atom is -0.465 e. The smallest absolute Gasteiger partial charge is 0.267 e. The molecular formula is C20H21N3O2S2. The first kappa shape index (κ1) is 18.3. The second kappa shape index (κ2) is 7.88. The van der Waals surface area contributed by atoms with Crippen molar-refractivity contribution in [1.82, 2.24) is 9.80 Å². The third-order valence-corrected chi connectivity index (χ3v) is 6.18. The van der Waals surface area contributed by atoms with E-state index in [1.807, 2.05) is 6.07 Å². The van der Waals surface area contributed by atoms with Gasteiger partial charge in [-0.25, -0.2) is 0 Å². The molecule has 2 saturated heterocycles. The average Bonchev–Trinajstić information content (AvgIpc) is 3.27. The van der Waals surface area contributed by atoms with E-state index in [-0.39, 0.29) is 5.91 Å². The van der Waals surface area contributed by atoms with Crippen LogP contribution in [0, 0.1) is 6.92 Å². The van der Waals surface area contributed by atoms with Crippen molar-refractivity contribution in [3.8, 4) is 0 Å². The fourth-order valence-corrected chi connectivity index (χ4v) is 4.45. The Morgan fingerprint density at radius 3 is 2.56 bits per heavy atom. The molecule has 2 aromatic rings. The Morgan fingerprint density at radius 2 is 1.89 bits per heavy atom. The van der Waals surface area contributed by atoms with Crippen LogP contribution in [0.1, 0.15) is 11.3 Å². The molecule has 1 amide bonds. The molecule has 0 bridgehead atoms. The van der Waals surface area contributed by atoms with Gasteiger partial charge in [0.2, 0.25) is 0 Å². The lowest BCUT2D eigenvalue weighted by atomic mass is 10.2. The number of anilines is 1. The van der Waals surface area contributed by atoms with Gasteiger partial charge in [-0.1, -0.05) is 41.7 Å². The molecule has 0 saturated carbocycles. The van der Waals surface area contributed by atoms with Gasteiger partial charge in [0.05, 0.1) is 17.8 Å². The van der Waals surface area contributed by atoms with Crippen LogP contribution < -0.4 is 4.90 Å².